The molecule has 0 saturated carbocycles. The number of thioether (sulfide) groups is 1. The third-order valence-electron chi connectivity index (χ3n) is 8.55. The zero-order chi connectivity index (χ0) is 26.6. The van der Waals surface area contributed by atoms with Crippen molar-refractivity contribution in [1.29, 1.82) is 0 Å². The number of ether oxygens (including phenoxy) is 2. The Labute approximate surface area is 224 Å². The summed E-state index contributed by atoms with van der Waals surface area (Å²) < 4.78 is 10.3. The second-order valence-electron chi connectivity index (χ2n) is 10.6. The lowest BCUT2D eigenvalue weighted by molar-refractivity contribution is -0.154. The number of carbonyl (C=O) groups is 3. The van der Waals surface area contributed by atoms with Gasteiger partial charge in [-0.3, -0.25) is 19.3 Å². The summed E-state index contributed by atoms with van der Waals surface area (Å²) in [6.07, 6.45) is 4.70. The van der Waals surface area contributed by atoms with Gasteiger partial charge in [0.25, 0.3) is 0 Å². The van der Waals surface area contributed by atoms with Crippen molar-refractivity contribution in [2.75, 3.05) is 65.7 Å². The van der Waals surface area contributed by atoms with Gasteiger partial charge in [-0.25, -0.2) is 0 Å². The van der Waals surface area contributed by atoms with Crippen molar-refractivity contribution in [3.63, 3.8) is 0 Å². The number of morpholine rings is 1. The molecule has 37 heavy (non-hydrogen) atoms. The molecule has 3 unspecified atom stereocenters. The first-order valence-electron chi connectivity index (χ1n) is 13.9. The van der Waals surface area contributed by atoms with Crippen LogP contribution in [0.2, 0.25) is 0 Å². The van der Waals surface area contributed by atoms with E-state index in [1.54, 1.807) is 29.7 Å². The van der Waals surface area contributed by atoms with E-state index in [4.69, 9.17) is 9.47 Å². The number of rotatable bonds is 13. The molecule has 0 aromatic carbocycles. The number of fused-ring (bicyclic) bond motifs is 1. The minimum absolute atomic E-state index is 0.00366. The summed E-state index contributed by atoms with van der Waals surface area (Å²) in [6.45, 7) is 13.4. The molecule has 4 rings (SSSR count). The van der Waals surface area contributed by atoms with Gasteiger partial charge in [0.05, 0.1) is 36.4 Å². The number of aliphatic hydroxyl groups is 1. The van der Waals surface area contributed by atoms with Gasteiger partial charge in [0, 0.05) is 51.1 Å². The lowest BCUT2D eigenvalue weighted by Crippen LogP contribution is -2.58. The van der Waals surface area contributed by atoms with Crippen molar-refractivity contribution in [3.05, 3.63) is 12.7 Å². The molecule has 0 aromatic rings. The van der Waals surface area contributed by atoms with Gasteiger partial charge in [0.2, 0.25) is 11.8 Å². The molecule has 4 fully saturated rings. The molecule has 2 bridgehead atoms. The van der Waals surface area contributed by atoms with Gasteiger partial charge in [0.1, 0.15) is 6.04 Å². The minimum Gasteiger partial charge on any atom is -0.466 e. The van der Waals surface area contributed by atoms with Crippen molar-refractivity contribution < 1.29 is 29.0 Å². The van der Waals surface area contributed by atoms with Gasteiger partial charge in [-0.15, -0.1) is 18.3 Å². The molecule has 0 radical (unpaired) electrons. The Balaban J connectivity index is 1.63. The number of amides is 2. The maximum absolute atomic E-state index is 14.4. The number of hydrogen-bond donors (Lipinski definition) is 1. The fourth-order valence-corrected chi connectivity index (χ4v) is 9.23. The smallest absolute Gasteiger partial charge is 0.310 e. The van der Waals surface area contributed by atoms with Crippen molar-refractivity contribution in [2.24, 2.45) is 17.8 Å². The Kier molecular flexibility index (Phi) is 9.58. The first-order valence-corrected chi connectivity index (χ1v) is 14.7. The monoisotopic (exact) mass is 537 g/mol. The highest BCUT2D eigenvalue weighted by Crippen LogP contribution is 2.68. The Bertz CT molecular complexity index is 852. The van der Waals surface area contributed by atoms with E-state index in [9.17, 15) is 19.5 Å². The standard InChI is InChI=1S/C27H43N3O6S/c1-4-9-29(12-11-28-13-16-35-17-14-28)25(33)23-27-19(3)18-20(37-27)21(26(34)36-5-2)22(27)24(32)30(23)10-7-6-8-15-31/h4,19-23,31H,1,5-18H2,2-3H3/t19?,20-,21+,22+,23?,27?/m1/s1. The Morgan fingerprint density at radius 2 is 2.03 bits per heavy atom. The molecule has 4 heterocycles. The van der Waals surface area contributed by atoms with E-state index in [1.807, 2.05) is 4.90 Å². The summed E-state index contributed by atoms with van der Waals surface area (Å²) in [7, 11) is 0. The normalized spacial score (nSPS) is 33.0. The highest BCUT2D eigenvalue weighted by Gasteiger charge is 2.76. The Hall–Kier alpha value is -1.62. The van der Waals surface area contributed by atoms with Crippen LogP contribution in [0.3, 0.4) is 0 Å². The number of esters is 1. The molecule has 4 aliphatic rings. The number of nitrogens with zero attached hydrogens (tertiary/aromatic N) is 3. The first-order chi connectivity index (χ1) is 17.9. The van der Waals surface area contributed by atoms with E-state index in [0.717, 1.165) is 32.5 Å². The van der Waals surface area contributed by atoms with Gasteiger partial charge in [-0.05, 0) is 38.5 Å². The molecule has 2 amide bonds. The third-order valence-corrected chi connectivity index (χ3v) is 10.6. The fourth-order valence-electron chi connectivity index (χ4n) is 6.82. The summed E-state index contributed by atoms with van der Waals surface area (Å²) in [5.74, 6) is -1.36. The van der Waals surface area contributed by atoms with Crippen LogP contribution < -0.4 is 0 Å². The average molecular weight is 538 g/mol. The van der Waals surface area contributed by atoms with Crippen LogP contribution in [0.1, 0.15) is 39.5 Å². The maximum atomic E-state index is 14.4. The molecule has 0 aliphatic carbocycles. The van der Waals surface area contributed by atoms with Gasteiger partial charge in [-0.2, -0.15) is 0 Å². The topological polar surface area (TPSA) is 99.6 Å². The molecule has 4 aliphatic heterocycles. The highest BCUT2D eigenvalue weighted by molar-refractivity contribution is 8.02. The summed E-state index contributed by atoms with van der Waals surface area (Å²) in [4.78, 5) is 47.4. The molecule has 6 atom stereocenters. The highest BCUT2D eigenvalue weighted by atomic mass is 32.2. The molecule has 10 heteroatoms. The van der Waals surface area contributed by atoms with E-state index in [2.05, 4.69) is 18.4 Å². The predicted molar refractivity (Wildman–Crippen MR) is 142 cm³/mol. The third kappa shape index (κ3) is 5.31. The Morgan fingerprint density at radius 3 is 2.70 bits per heavy atom. The van der Waals surface area contributed by atoms with Crippen molar-refractivity contribution in [1.82, 2.24) is 14.7 Å². The number of carbonyl (C=O) groups excluding carboxylic acids is 3. The first kappa shape index (κ1) is 28.4. The summed E-state index contributed by atoms with van der Waals surface area (Å²) in [5.41, 5.74) is 0. The lowest BCUT2D eigenvalue weighted by atomic mass is 9.66. The van der Waals surface area contributed by atoms with Crippen LogP contribution >= 0.6 is 11.8 Å². The Morgan fingerprint density at radius 1 is 1.27 bits per heavy atom. The second kappa shape index (κ2) is 12.5. The van der Waals surface area contributed by atoms with Crippen molar-refractivity contribution >= 4 is 29.5 Å². The molecular formula is C27H43N3O6S. The zero-order valence-corrected chi connectivity index (χ0v) is 23.1. The molecular weight excluding hydrogens is 494 g/mol. The minimum atomic E-state index is -0.633. The quantitative estimate of drug-likeness (QED) is 0.214. The maximum Gasteiger partial charge on any atom is 0.310 e. The predicted octanol–water partition coefficient (Wildman–Crippen LogP) is 1.40. The molecule has 4 saturated heterocycles. The number of hydrogen-bond acceptors (Lipinski definition) is 8. The van der Waals surface area contributed by atoms with Crippen LogP contribution in [0, 0.1) is 17.8 Å². The van der Waals surface area contributed by atoms with Crippen LogP contribution in [0.4, 0.5) is 0 Å². The lowest BCUT2D eigenvalue weighted by Gasteiger charge is -2.41. The summed E-state index contributed by atoms with van der Waals surface area (Å²) >= 11 is 1.69. The van der Waals surface area contributed by atoms with Crippen LogP contribution in [0.5, 0.6) is 0 Å². The zero-order valence-electron chi connectivity index (χ0n) is 22.3. The molecule has 1 spiro atoms. The molecule has 208 valence electrons. The van der Waals surface area contributed by atoms with Gasteiger partial charge in [-0.1, -0.05) is 13.0 Å². The van der Waals surface area contributed by atoms with Gasteiger partial charge >= 0.3 is 5.97 Å². The second-order valence-corrected chi connectivity index (χ2v) is 12.2. The van der Waals surface area contributed by atoms with Crippen molar-refractivity contribution in [2.45, 2.75) is 55.6 Å². The largest absolute Gasteiger partial charge is 0.466 e. The van der Waals surface area contributed by atoms with E-state index in [1.165, 1.54) is 0 Å². The SMILES string of the molecule is C=CCN(CCN1CCOCC1)C(=O)C1N(CCCCCO)C(=O)[C@@H]2[C@@H](C(=O)OCC)[C@H]3CC(C)C12S3. The van der Waals surface area contributed by atoms with Gasteiger partial charge < -0.3 is 24.4 Å². The molecule has 0 aromatic heterocycles. The van der Waals surface area contributed by atoms with Crippen LogP contribution in [0.15, 0.2) is 12.7 Å². The number of aliphatic hydroxyl groups excluding tert-OH is 1. The fraction of sp³-hybridized carbons (Fsp3) is 0.815. The average Bonchev–Trinajstić information content (AvgIpc) is 3.48. The van der Waals surface area contributed by atoms with Crippen LogP contribution in [-0.2, 0) is 23.9 Å². The number of likely N-dealkylation sites (tertiary alicyclic amines) is 1. The van der Waals surface area contributed by atoms with E-state index >= 15 is 0 Å². The van der Waals surface area contributed by atoms with Crippen LogP contribution in [0.25, 0.3) is 0 Å². The molecule has 1 N–H and O–H groups in total. The van der Waals surface area contributed by atoms with Crippen molar-refractivity contribution in [3.8, 4) is 0 Å². The van der Waals surface area contributed by atoms with Gasteiger partial charge in [0.15, 0.2) is 0 Å². The summed E-state index contributed by atoms with van der Waals surface area (Å²) in [5, 5.41) is 9.22. The molecule has 9 nitrogen and oxygen atoms in total. The summed E-state index contributed by atoms with van der Waals surface area (Å²) in [6, 6.07) is -0.617. The van der Waals surface area contributed by atoms with E-state index < -0.39 is 22.6 Å². The van der Waals surface area contributed by atoms with E-state index in [-0.39, 0.29) is 42.2 Å². The van der Waals surface area contributed by atoms with E-state index in [0.29, 0.717) is 45.7 Å². The van der Waals surface area contributed by atoms with Crippen LogP contribution in [-0.4, -0.2) is 119 Å². The number of unbranched alkanes of at least 4 members (excludes halogenated alkanes) is 2.